The SMILES string of the molecule is CC(=O)Nc1cccc(/C(C)=N\NC(=O)c2cc(C)n(-c3ccccc3)c2C)c1. The molecule has 2 N–H and O–H groups in total. The Balaban J connectivity index is 1.80. The van der Waals surface area contributed by atoms with Crippen molar-refractivity contribution in [3.8, 4) is 5.69 Å². The van der Waals surface area contributed by atoms with Gasteiger partial charge in [-0.25, -0.2) is 5.43 Å². The highest BCUT2D eigenvalue weighted by Gasteiger charge is 2.16. The van der Waals surface area contributed by atoms with Crippen molar-refractivity contribution in [2.75, 3.05) is 5.32 Å². The molecule has 2 amide bonds. The Morgan fingerprint density at radius 2 is 1.66 bits per heavy atom. The number of nitrogens with one attached hydrogen (secondary N) is 2. The Morgan fingerprint density at radius 1 is 0.931 bits per heavy atom. The van der Waals surface area contributed by atoms with Gasteiger partial charge in [-0.2, -0.15) is 5.10 Å². The van der Waals surface area contributed by atoms with E-state index in [-0.39, 0.29) is 11.8 Å². The molecule has 2 aromatic carbocycles. The quantitative estimate of drug-likeness (QED) is 0.508. The number of hydrogen-bond acceptors (Lipinski definition) is 3. The van der Waals surface area contributed by atoms with E-state index in [9.17, 15) is 9.59 Å². The molecule has 0 saturated heterocycles. The number of carbonyl (C=O) groups is 2. The number of aromatic nitrogens is 1. The fourth-order valence-corrected chi connectivity index (χ4v) is 3.25. The fraction of sp³-hybridized carbons (Fsp3) is 0.174. The van der Waals surface area contributed by atoms with Gasteiger partial charge in [0, 0.05) is 29.7 Å². The first-order valence-electron chi connectivity index (χ1n) is 9.34. The molecule has 1 aromatic heterocycles. The molecule has 0 unspecified atom stereocenters. The summed E-state index contributed by atoms with van der Waals surface area (Å²) in [5.74, 6) is -0.406. The Morgan fingerprint density at radius 3 is 2.34 bits per heavy atom. The molecule has 1 heterocycles. The van der Waals surface area contributed by atoms with Crippen LogP contribution in [0.25, 0.3) is 5.69 Å². The van der Waals surface area contributed by atoms with Crippen molar-refractivity contribution in [2.24, 2.45) is 5.10 Å². The highest BCUT2D eigenvalue weighted by atomic mass is 16.2. The molecule has 0 radical (unpaired) electrons. The molecule has 0 spiro atoms. The topological polar surface area (TPSA) is 75.5 Å². The lowest BCUT2D eigenvalue weighted by Gasteiger charge is -2.09. The lowest BCUT2D eigenvalue weighted by Crippen LogP contribution is -2.20. The van der Waals surface area contributed by atoms with E-state index in [1.54, 1.807) is 13.0 Å². The third-order valence-corrected chi connectivity index (χ3v) is 4.62. The van der Waals surface area contributed by atoms with E-state index in [1.807, 2.05) is 73.0 Å². The van der Waals surface area contributed by atoms with Crippen molar-refractivity contribution in [3.63, 3.8) is 0 Å². The minimum atomic E-state index is -0.266. The van der Waals surface area contributed by atoms with Crippen LogP contribution in [0.5, 0.6) is 0 Å². The maximum atomic E-state index is 12.7. The zero-order chi connectivity index (χ0) is 21.0. The van der Waals surface area contributed by atoms with E-state index in [0.717, 1.165) is 22.6 Å². The first-order chi connectivity index (χ1) is 13.9. The van der Waals surface area contributed by atoms with Gasteiger partial charge in [-0.3, -0.25) is 9.59 Å². The van der Waals surface area contributed by atoms with E-state index in [0.29, 0.717) is 17.0 Å². The average molecular weight is 388 g/mol. The third kappa shape index (κ3) is 4.60. The molecule has 148 valence electrons. The van der Waals surface area contributed by atoms with Crippen LogP contribution in [0.3, 0.4) is 0 Å². The number of anilines is 1. The predicted molar refractivity (Wildman–Crippen MR) is 116 cm³/mol. The molecule has 0 saturated carbocycles. The van der Waals surface area contributed by atoms with Gasteiger partial charge in [0.25, 0.3) is 5.91 Å². The van der Waals surface area contributed by atoms with Crippen molar-refractivity contribution in [2.45, 2.75) is 27.7 Å². The molecule has 3 rings (SSSR count). The number of hydrazone groups is 1. The number of hydrogen-bond donors (Lipinski definition) is 2. The second-order valence-electron chi connectivity index (χ2n) is 6.86. The van der Waals surface area contributed by atoms with Crippen LogP contribution >= 0.6 is 0 Å². The van der Waals surface area contributed by atoms with E-state index in [4.69, 9.17) is 0 Å². The Bertz CT molecular complexity index is 1080. The smallest absolute Gasteiger partial charge is 0.273 e. The largest absolute Gasteiger partial charge is 0.326 e. The number of benzene rings is 2. The maximum Gasteiger partial charge on any atom is 0.273 e. The van der Waals surface area contributed by atoms with Gasteiger partial charge in [0.05, 0.1) is 11.3 Å². The van der Waals surface area contributed by atoms with Gasteiger partial charge < -0.3 is 9.88 Å². The second-order valence-corrected chi connectivity index (χ2v) is 6.86. The summed E-state index contributed by atoms with van der Waals surface area (Å²) in [5, 5.41) is 6.98. The van der Waals surface area contributed by atoms with Crippen LogP contribution in [0.2, 0.25) is 0 Å². The summed E-state index contributed by atoms with van der Waals surface area (Å²) < 4.78 is 2.04. The van der Waals surface area contributed by atoms with Crippen molar-refractivity contribution in [1.82, 2.24) is 9.99 Å². The van der Waals surface area contributed by atoms with Crippen LogP contribution in [-0.4, -0.2) is 22.1 Å². The summed E-state index contributed by atoms with van der Waals surface area (Å²) in [4.78, 5) is 24.0. The minimum absolute atomic E-state index is 0.140. The number of rotatable bonds is 5. The molecule has 0 aliphatic heterocycles. The maximum absolute atomic E-state index is 12.7. The molecule has 0 aliphatic carbocycles. The summed E-state index contributed by atoms with van der Waals surface area (Å²) in [6.07, 6.45) is 0. The fourth-order valence-electron chi connectivity index (χ4n) is 3.25. The lowest BCUT2D eigenvalue weighted by atomic mass is 10.1. The standard InChI is InChI=1S/C23H24N4O2/c1-15-13-22(17(3)27(15)21-11-6-5-7-12-21)23(29)26-25-16(2)19-9-8-10-20(14-19)24-18(4)28/h5-14H,1-4H3,(H,24,28)(H,26,29)/b25-16-. The van der Waals surface area contributed by atoms with E-state index >= 15 is 0 Å². The molecule has 6 nitrogen and oxygen atoms in total. The molecule has 0 fully saturated rings. The number of nitrogens with zero attached hydrogens (tertiary/aromatic N) is 2. The first-order valence-corrected chi connectivity index (χ1v) is 9.34. The molecular weight excluding hydrogens is 364 g/mol. The van der Waals surface area contributed by atoms with Crippen LogP contribution < -0.4 is 10.7 Å². The second kappa shape index (κ2) is 8.56. The number of aryl methyl sites for hydroxylation is 1. The van der Waals surface area contributed by atoms with Gasteiger partial charge in [-0.05, 0) is 56.7 Å². The van der Waals surface area contributed by atoms with Crippen LogP contribution in [0.4, 0.5) is 5.69 Å². The molecule has 29 heavy (non-hydrogen) atoms. The first kappa shape index (κ1) is 20.1. The van der Waals surface area contributed by atoms with Gasteiger partial charge in [-0.15, -0.1) is 0 Å². The van der Waals surface area contributed by atoms with Gasteiger partial charge in [0.1, 0.15) is 0 Å². The number of para-hydroxylation sites is 1. The predicted octanol–water partition coefficient (Wildman–Crippen LogP) is 4.21. The van der Waals surface area contributed by atoms with Crippen LogP contribution in [0, 0.1) is 13.8 Å². The van der Waals surface area contributed by atoms with Crippen molar-refractivity contribution in [1.29, 1.82) is 0 Å². The summed E-state index contributed by atoms with van der Waals surface area (Å²) in [7, 11) is 0. The zero-order valence-corrected chi connectivity index (χ0v) is 17.0. The minimum Gasteiger partial charge on any atom is -0.326 e. The van der Waals surface area contributed by atoms with E-state index in [1.165, 1.54) is 6.92 Å². The summed E-state index contributed by atoms with van der Waals surface area (Å²) >= 11 is 0. The number of amides is 2. The van der Waals surface area contributed by atoms with E-state index in [2.05, 4.69) is 15.8 Å². The molecule has 0 aliphatic rings. The summed E-state index contributed by atoms with van der Waals surface area (Å²) in [6.45, 7) is 7.15. The highest BCUT2D eigenvalue weighted by molar-refractivity contribution is 6.02. The Hall–Kier alpha value is -3.67. The van der Waals surface area contributed by atoms with Crippen molar-refractivity contribution in [3.05, 3.63) is 83.2 Å². The molecule has 0 bridgehead atoms. The van der Waals surface area contributed by atoms with Gasteiger partial charge in [-0.1, -0.05) is 30.3 Å². The lowest BCUT2D eigenvalue weighted by molar-refractivity contribution is -0.114. The van der Waals surface area contributed by atoms with Gasteiger partial charge >= 0.3 is 0 Å². The summed E-state index contributed by atoms with van der Waals surface area (Å²) in [5.41, 5.74) is 8.19. The third-order valence-electron chi connectivity index (χ3n) is 4.62. The average Bonchev–Trinajstić information content (AvgIpc) is 3.00. The van der Waals surface area contributed by atoms with Crippen molar-refractivity contribution < 1.29 is 9.59 Å². The monoisotopic (exact) mass is 388 g/mol. The Kier molecular flexibility index (Phi) is 5.93. The summed E-state index contributed by atoms with van der Waals surface area (Å²) in [6, 6.07) is 19.1. The van der Waals surface area contributed by atoms with Crippen LogP contribution in [-0.2, 0) is 4.79 Å². The van der Waals surface area contributed by atoms with E-state index < -0.39 is 0 Å². The molecule has 3 aromatic rings. The number of carbonyl (C=O) groups excluding carboxylic acids is 2. The van der Waals surface area contributed by atoms with Gasteiger partial charge in [0.2, 0.25) is 5.91 Å². The van der Waals surface area contributed by atoms with Crippen molar-refractivity contribution >= 4 is 23.2 Å². The van der Waals surface area contributed by atoms with Crippen LogP contribution in [0.15, 0.2) is 65.8 Å². The molecule has 6 heteroatoms. The molecular formula is C23H24N4O2. The Labute approximate surface area is 170 Å². The zero-order valence-electron chi connectivity index (χ0n) is 17.0. The van der Waals surface area contributed by atoms with Gasteiger partial charge in [0.15, 0.2) is 0 Å². The van der Waals surface area contributed by atoms with Crippen LogP contribution in [0.1, 0.15) is 41.2 Å². The molecule has 0 atom stereocenters. The normalized spacial score (nSPS) is 11.2. The highest BCUT2D eigenvalue weighted by Crippen LogP contribution is 2.20.